The second-order valence-corrected chi connectivity index (χ2v) is 7.66. The molecule has 3 heterocycles. The summed E-state index contributed by atoms with van der Waals surface area (Å²) in [6, 6.07) is 23.9. The highest BCUT2D eigenvalue weighted by molar-refractivity contribution is 6.02. The monoisotopic (exact) mass is 390 g/mol. The molecule has 3 aromatic carbocycles. The number of nitrogens with zero attached hydrogens (tertiary/aromatic N) is 4. The number of fused-ring (bicyclic) bond motifs is 6. The van der Waals surface area contributed by atoms with Gasteiger partial charge in [-0.1, -0.05) is 54.1 Å². The number of rotatable bonds is 1. The summed E-state index contributed by atoms with van der Waals surface area (Å²) in [7, 11) is 1.95. The number of aryl methyl sites for hydroxylation is 2. The Hall–Kier alpha value is -3.99. The minimum absolute atomic E-state index is 0.0398. The van der Waals surface area contributed by atoms with Crippen LogP contribution in [0.15, 0.2) is 77.6 Å². The summed E-state index contributed by atoms with van der Waals surface area (Å²) in [5.74, 6) is 0.775. The summed E-state index contributed by atoms with van der Waals surface area (Å²) < 4.78 is 4.00. The average Bonchev–Trinajstić information content (AvgIpc) is 3.17. The number of para-hydroxylation sites is 3. The molecule has 5 nitrogen and oxygen atoms in total. The molecule has 0 spiro atoms. The second kappa shape index (κ2) is 6.00. The van der Waals surface area contributed by atoms with Gasteiger partial charge in [0.2, 0.25) is 5.43 Å². The van der Waals surface area contributed by atoms with Crippen molar-refractivity contribution in [1.82, 2.24) is 18.9 Å². The molecule has 0 N–H and O–H groups in total. The first-order valence-corrected chi connectivity index (χ1v) is 9.89. The second-order valence-electron chi connectivity index (χ2n) is 7.66. The van der Waals surface area contributed by atoms with Crippen LogP contribution in [0.4, 0.5) is 0 Å². The van der Waals surface area contributed by atoms with Crippen LogP contribution < -0.4 is 5.43 Å². The Labute approximate surface area is 171 Å². The first kappa shape index (κ1) is 16.9. The highest BCUT2D eigenvalue weighted by Crippen LogP contribution is 2.29. The van der Waals surface area contributed by atoms with E-state index in [1.165, 1.54) is 5.56 Å². The van der Waals surface area contributed by atoms with Gasteiger partial charge in [0.1, 0.15) is 16.9 Å². The molecule has 0 fully saturated rings. The van der Waals surface area contributed by atoms with Crippen molar-refractivity contribution in [3.05, 3.63) is 88.6 Å². The smallest absolute Gasteiger partial charge is 0.202 e. The molecule has 6 aromatic rings. The molecular weight excluding hydrogens is 372 g/mol. The standard InChI is InChI=1S/C25H18N4O/c1-15-11-13-16(14-12-15)23-27-24-21(22(30)17-7-3-5-9-19(17)28(24)2)25-26-18-8-4-6-10-20(18)29(23)25/h3-14H,1-2H3. The number of hydrogen-bond acceptors (Lipinski definition) is 3. The van der Waals surface area contributed by atoms with Crippen molar-refractivity contribution in [2.24, 2.45) is 7.05 Å². The normalized spacial score (nSPS) is 11.8. The summed E-state index contributed by atoms with van der Waals surface area (Å²) in [5, 5.41) is 1.22. The molecule has 3 aromatic heterocycles. The zero-order chi connectivity index (χ0) is 20.4. The lowest BCUT2D eigenvalue weighted by molar-refractivity contribution is 0.967. The van der Waals surface area contributed by atoms with Crippen molar-refractivity contribution in [3.8, 4) is 11.4 Å². The molecule has 5 heteroatoms. The van der Waals surface area contributed by atoms with Gasteiger partial charge in [-0.05, 0) is 31.2 Å². The minimum atomic E-state index is -0.0398. The summed E-state index contributed by atoms with van der Waals surface area (Å²) in [4.78, 5) is 23.4. The Bertz CT molecular complexity index is 1670. The Kier molecular flexibility index (Phi) is 3.39. The molecule has 0 unspecified atom stereocenters. The molecule has 0 aliphatic carbocycles. The van der Waals surface area contributed by atoms with Gasteiger partial charge in [-0.2, -0.15) is 0 Å². The zero-order valence-corrected chi connectivity index (χ0v) is 16.6. The van der Waals surface area contributed by atoms with E-state index >= 15 is 0 Å². The van der Waals surface area contributed by atoms with Gasteiger partial charge < -0.3 is 4.57 Å². The van der Waals surface area contributed by atoms with Crippen LogP contribution in [0.25, 0.3) is 50.0 Å². The first-order chi connectivity index (χ1) is 14.6. The summed E-state index contributed by atoms with van der Waals surface area (Å²) in [5.41, 5.74) is 6.05. The van der Waals surface area contributed by atoms with Crippen LogP contribution in [0.5, 0.6) is 0 Å². The largest absolute Gasteiger partial charge is 0.328 e. The molecule has 0 bridgehead atoms. The van der Waals surface area contributed by atoms with Crippen LogP contribution in [-0.2, 0) is 7.05 Å². The summed E-state index contributed by atoms with van der Waals surface area (Å²) in [6.07, 6.45) is 0. The predicted molar refractivity (Wildman–Crippen MR) is 121 cm³/mol. The molecule has 144 valence electrons. The van der Waals surface area contributed by atoms with Crippen molar-refractivity contribution in [2.45, 2.75) is 6.92 Å². The van der Waals surface area contributed by atoms with Crippen LogP contribution in [0.3, 0.4) is 0 Å². The third-order valence-corrected chi connectivity index (χ3v) is 5.80. The maximum Gasteiger partial charge on any atom is 0.202 e. The maximum atomic E-state index is 13.5. The van der Waals surface area contributed by atoms with E-state index < -0.39 is 0 Å². The highest BCUT2D eigenvalue weighted by Gasteiger charge is 2.20. The van der Waals surface area contributed by atoms with Gasteiger partial charge in [-0.3, -0.25) is 9.20 Å². The van der Waals surface area contributed by atoms with Crippen LogP contribution in [-0.4, -0.2) is 18.9 Å². The molecule has 0 aliphatic heterocycles. The molecule has 30 heavy (non-hydrogen) atoms. The predicted octanol–water partition coefficient (Wildman–Crippen LogP) is 4.86. The summed E-state index contributed by atoms with van der Waals surface area (Å²) in [6.45, 7) is 2.07. The van der Waals surface area contributed by atoms with E-state index in [1.54, 1.807) is 0 Å². The molecule has 0 radical (unpaired) electrons. The number of pyridine rings is 1. The van der Waals surface area contributed by atoms with Gasteiger partial charge in [0, 0.05) is 18.0 Å². The van der Waals surface area contributed by atoms with Crippen LogP contribution in [0.1, 0.15) is 5.56 Å². The topological polar surface area (TPSA) is 52.2 Å². The number of hydrogen-bond donors (Lipinski definition) is 0. The van der Waals surface area contributed by atoms with Crippen molar-refractivity contribution < 1.29 is 0 Å². The van der Waals surface area contributed by atoms with Crippen LogP contribution in [0, 0.1) is 6.92 Å². The van der Waals surface area contributed by atoms with Crippen LogP contribution >= 0.6 is 0 Å². The zero-order valence-electron chi connectivity index (χ0n) is 16.6. The van der Waals surface area contributed by atoms with Gasteiger partial charge in [0.05, 0.1) is 16.6 Å². The van der Waals surface area contributed by atoms with E-state index in [0.717, 1.165) is 27.9 Å². The fraction of sp³-hybridized carbons (Fsp3) is 0.0800. The first-order valence-electron chi connectivity index (χ1n) is 9.89. The van der Waals surface area contributed by atoms with E-state index in [2.05, 4.69) is 31.2 Å². The molecule has 0 amide bonds. The van der Waals surface area contributed by atoms with Gasteiger partial charge in [-0.25, -0.2) is 9.97 Å². The fourth-order valence-electron chi connectivity index (χ4n) is 4.26. The van der Waals surface area contributed by atoms with E-state index in [1.807, 2.05) is 64.5 Å². The lowest BCUT2D eigenvalue weighted by atomic mass is 10.1. The van der Waals surface area contributed by atoms with Crippen molar-refractivity contribution in [3.63, 3.8) is 0 Å². The number of benzene rings is 3. The minimum Gasteiger partial charge on any atom is -0.328 e. The summed E-state index contributed by atoms with van der Waals surface area (Å²) >= 11 is 0. The quantitative estimate of drug-likeness (QED) is 0.377. The number of aromatic nitrogens is 4. The highest BCUT2D eigenvalue weighted by atomic mass is 16.1. The van der Waals surface area contributed by atoms with E-state index in [9.17, 15) is 4.79 Å². The van der Waals surface area contributed by atoms with Crippen molar-refractivity contribution in [2.75, 3.05) is 0 Å². The van der Waals surface area contributed by atoms with Gasteiger partial charge >= 0.3 is 0 Å². The Morgan fingerprint density at radius 2 is 1.47 bits per heavy atom. The molecule has 0 saturated heterocycles. The molecule has 0 saturated carbocycles. The molecular formula is C25H18N4O. The molecule has 0 aliphatic rings. The Morgan fingerprint density at radius 3 is 2.27 bits per heavy atom. The van der Waals surface area contributed by atoms with Gasteiger partial charge in [0.15, 0.2) is 5.65 Å². The fourth-order valence-corrected chi connectivity index (χ4v) is 4.26. The average molecular weight is 390 g/mol. The van der Waals surface area contributed by atoms with E-state index in [-0.39, 0.29) is 5.43 Å². The SMILES string of the molecule is Cc1ccc(-c2nc3c(c(=O)c4ccccc4n3C)c3nc4ccccc4n23)cc1. The van der Waals surface area contributed by atoms with Crippen LogP contribution in [0.2, 0.25) is 0 Å². The number of imidazole rings is 1. The lowest BCUT2D eigenvalue weighted by Gasteiger charge is -2.13. The van der Waals surface area contributed by atoms with Crippen molar-refractivity contribution in [1.29, 1.82) is 0 Å². The third-order valence-electron chi connectivity index (χ3n) is 5.80. The van der Waals surface area contributed by atoms with Gasteiger partial charge in [-0.15, -0.1) is 0 Å². The lowest BCUT2D eigenvalue weighted by Crippen LogP contribution is -2.13. The molecule has 0 atom stereocenters. The maximum absolute atomic E-state index is 13.5. The van der Waals surface area contributed by atoms with Crippen molar-refractivity contribution >= 4 is 38.6 Å². The van der Waals surface area contributed by atoms with Gasteiger partial charge in [0.25, 0.3) is 0 Å². The molecule has 6 rings (SSSR count). The Morgan fingerprint density at radius 1 is 0.767 bits per heavy atom. The van der Waals surface area contributed by atoms with E-state index in [0.29, 0.717) is 22.1 Å². The van der Waals surface area contributed by atoms with E-state index in [4.69, 9.17) is 9.97 Å². The Balaban J connectivity index is 1.92. The third kappa shape index (κ3) is 2.20.